The van der Waals surface area contributed by atoms with Crippen molar-refractivity contribution in [3.05, 3.63) is 12.7 Å². The molecule has 0 saturated heterocycles. The van der Waals surface area contributed by atoms with Gasteiger partial charge in [-0.2, -0.15) is 0 Å². The number of carbonyl (C=O) groups excluding carboxylic acids is 1. The molecule has 0 aliphatic carbocycles. The van der Waals surface area contributed by atoms with Crippen LogP contribution >= 0.6 is 0 Å². The summed E-state index contributed by atoms with van der Waals surface area (Å²) in [6, 6.07) is 0. The number of hydrogen-bond donors (Lipinski definition) is 0. The molecule has 14 heavy (non-hydrogen) atoms. The average molecular weight is 313 g/mol. The van der Waals surface area contributed by atoms with Crippen LogP contribution in [0, 0.1) is 0 Å². The van der Waals surface area contributed by atoms with Crippen LogP contribution < -0.4 is 24.0 Å². The first-order valence-corrected chi connectivity index (χ1v) is 4.56. The number of halogens is 1. The summed E-state index contributed by atoms with van der Waals surface area (Å²) in [5, 5.41) is 0. The Hall–Kier alpha value is -0.100. The molecule has 0 aliphatic rings. The molecule has 1 atom stereocenters. The molecule has 84 valence electrons. The van der Waals surface area contributed by atoms with Crippen LogP contribution in [0.4, 0.5) is 0 Å². The van der Waals surface area contributed by atoms with Gasteiger partial charge in [0.25, 0.3) is 0 Å². The van der Waals surface area contributed by atoms with Gasteiger partial charge in [0.05, 0.1) is 21.1 Å². The summed E-state index contributed by atoms with van der Waals surface area (Å²) >= 11 is 0. The van der Waals surface area contributed by atoms with Crippen LogP contribution in [0.2, 0.25) is 0 Å². The minimum Gasteiger partial charge on any atom is -1.00 e. The molecular formula is C10H20INO2. The van der Waals surface area contributed by atoms with E-state index in [1.54, 1.807) is 0 Å². The van der Waals surface area contributed by atoms with E-state index < -0.39 is 0 Å². The summed E-state index contributed by atoms with van der Waals surface area (Å²) in [6.45, 7) is 5.45. The van der Waals surface area contributed by atoms with Crippen LogP contribution in [0.1, 0.15) is 19.8 Å². The third kappa shape index (κ3) is 6.37. The molecule has 3 nitrogen and oxygen atoms in total. The van der Waals surface area contributed by atoms with Gasteiger partial charge in [-0.25, -0.2) is 4.79 Å². The van der Waals surface area contributed by atoms with Gasteiger partial charge in [-0.15, -0.1) is 0 Å². The van der Waals surface area contributed by atoms with Gasteiger partial charge in [0.15, 0.2) is 0 Å². The molecule has 0 saturated carbocycles. The highest BCUT2D eigenvalue weighted by Crippen LogP contribution is 2.11. The minimum absolute atomic E-state index is 0. The van der Waals surface area contributed by atoms with E-state index in [9.17, 15) is 4.79 Å². The number of rotatable bonds is 5. The maximum Gasteiger partial charge on any atom is 0.334 e. The number of ether oxygens (including phenoxy) is 1. The van der Waals surface area contributed by atoms with E-state index in [1.807, 2.05) is 21.1 Å². The Morgan fingerprint density at radius 1 is 1.50 bits per heavy atom. The highest BCUT2D eigenvalue weighted by Gasteiger charge is 2.25. The number of quaternary nitrogens is 1. The van der Waals surface area contributed by atoms with Crippen LogP contribution in [-0.2, 0) is 9.53 Å². The second kappa shape index (κ2) is 7.23. The molecule has 0 spiro atoms. The van der Waals surface area contributed by atoms with Crippen LogP contribution in [0.15, 0.2) is 12.7 Å². The Balaban J connectivity index is 0. The van der Waals surface area contributed by atoms with Gasteiger partial charge in [-0.1, -0.05) is 13.5 Å². The molecule has 0 radical (unpaired) electrons. The van der Waals surface area contributed by atoms with Crippen molar-refractivity contribution in [2.45, 2.75) is 26.0 Å². The van der Waals surface area contributed by atoms with Crippen molar-refractivity contribution in [1.82, 2.24) is 0 Å². The maximum absolute atomic E-state index is 11.0. The van der Waals surface area contributed by atoms with Crippen molar-refractivity contribution in [3.63, 3.8) is 0 Å². The van der Waals surface area contributed by atoms with E-state index in [4.69, 9.17) is 4.74 Å². The normalized spacial score (nSPS) is 12.6. The Labute approximate surface area is 104 Å². The van der Waals surface area contributed by atoms with Crippen molar-refractivity contribution in [1.29, 1.82) is 0 Å². The van der Waals surface area contributed by atoms with Gasteiger partial charge in [0.2, 0.25) is 6.23 Å². The number of nitrogens with zero attached hydrogens (tertiary/aromatic N) is 1. The summed E-state index contributed by atoms with van der Waals surface area (Å²) < 4.78 is 5.85. The molecule has 0 bridgehead atoms. The zero-order valence-electron chi connectivity index (χ0n) is 9.42. The van der Waals surface area contributed by atoms with Gasteiger partial charge in [-0.05, 0) is 6.42 Å². The molecule has 0 heterocycles. The second-order valence-electron chi connectivity index (χ2n) is 4.00. The topological polar surface area (TPSA) is 26.3 Å². The molecule has 1 unspecified atom stereocenters. The van der Waals surface area contributed by atoms with Gasteiger partial charge < -0.3 is 28.7 Å². The standard InChI is InChI=1S/C10H20NO2.HI/c1-6-8-9(11(3,4)5)13-10(12)7-2;/h7,9H,2,6,8H2,1,3-5H3;1H/q+1;/p-1. The monoisotopic (exact) mass is 313 g/mol. The fraction of sp³-hybridized carbons (Fsp3) is 0.700. The average Bonchev–Trinajstić information content (AvgIpc) is 2.01. The molecular weight excluding hydrogens is 293 g/mol. The van der Waals surface area contributed by atoms with Crippen LogP contribution in [-0.4, -0.2) is 37.8 Å². The summed E-state index contributed by atoms with van der Waals surface area (Å²) in [5.74, 6) is -0.341. The zero-order valence-corrected chi connectivity index (χ0v) is 11.6. The lowest BCUT2D eigenvalue weighted by atomic mass is 10.2. The first-order valence-electron chi connectivity index (χ1n) is 4.56. The lowest BCUT2D eigenvalue weighted by Crippen LogP contribution is -3.00. The largest absolute Gasteiger partial charge is 1.00 e. The molecule has 0 fully saturated rings. The highest BCUT2D eigenvalue weighted by molar-refractivity contribution is 5.81. The summed E-state index contributed by atoms with van der Waals surface area (Å²) in [4.78, 5) is 11.0. The van der Waals surface area contributed by atoms with E-state index in [1.165, 1.54) is 6.08 Å². The Morgan fingerprint density at radius 2 is 2.00 bits per heavy atom. The minimum atomic E-state index is -0.341. The molecule has 0 amide bonds. The van der Waals surface area contributed by atoms with E-state index in [0.29, 0.717) is 4.48 Å². The van der Waals surface area contributed by atoms with Crippen LogP contribution in [0.3, 0.4) is 0 Å². The Kier molecular flexibility index (Phi) is 8.43. The fourth-order valence-electron chi connectivity index (χ4n) is 1.03. The molecule has 0 aromatic heterocycles. The Bertz CT molecular complexity index is 187. The molecule has 0 N–H and O–H groups in total. The third-order valence-corrected chi connectivity index (χ3v) is 1.82. The van der Waals surface area contributed by atoms with E-state index in [2.05, 4.69) is 13.5 Å². The van der Waals surface area contributed by atoms with Crippen molar-refractivity contribution in [2.75, 3.05) is 21.1 Å². The zero-order chi connectivity index (χ0) is 10.5. The quantitative estimate of drug-likeness (QED) is 0.204. The van der Waals surface area contributed by atoms with Crippen LogP contribution in [0.25, 0.3) is 0 Å². The first kappa shape index (κ1) is 16.3. The van der Waals surface area contributed by atoms with Crippen molar-refractivity contribution >= 4 is 5.97 Å². The van der Waals surface area contributed by atoms with Crippen LogP contribution in [0.5, 0.6) is 0 Å². The SMILES string of the molecule is C=CC(=O)OC(CCC)[N+](C)(C)C.[I-]. The molecule has 0 rings (SSSR count). The predicted octanol–water partition coefficient (Wildman–Crippen LogP) is -1.45. The molecule has 0 aliphatic heterocycles. The highest BCUT2D eigenvalue weighted by atomic mass is 127. The lowest BCUT2D eigenvalue weighted by Gasteiger charge is -2.32. The summed E-state index contributed by atoms with van der Waals surface area (Å²) in [6.07, 6.45) is 3.02. The smallest absolute Gasteiger partial charge is 0.334 e. The number of carbonyl (C=O) groups is 1. The molecule has 0 aromatic carbocycles. The van der Waals surface area contributed by atoms with Gasteiger partial charge in [0.1, 0.15) is 0 Å². The summed E-state index contributed by atoms with van der Waals surface area (Å²) in [5.41, 5.74) is 0. The van der Waals surface area contributed by atoms with Gasteiger partial charge in [-0.3, -0.25) is 4.48 Å². The maximum atomic E-state index is 11.0. The molecule has 0 aromatic rings. The first-order chi connectivity index (χ1) is 5.91. The van der Waals surface area contributed by atoms with Crippen molar-refractivity contribution < 1.29 is 38.0 Å². The summed E-state index contributed by atoms with van der Waals surface area (Å²) in [7, 11) is 6.03. The lowest BCUT2D eigenvalue weighted by molar-refractivity contribution is -0.917. The second-order valence-corrected chi connectivity index (χ2v) is 4.00. The Morgan fingerprint density at radius 3 is 2.29 bits per heavy atom. The van der Waals surface area contributed by atoms with E-state index in [-0.39, 0.29) is 36.2 Å². The van der Waals surface area contributed by atoms with Gasteiger partial charge in [0, 0.05) is 12.5 Å². The van der Waals surface area contributed by atoms with E-state index >= 15 is 0 Å². The number of esters is 1. The van der Waals surface area contributed by atoms with Crippen molar-refractivity contribution in [3.8, 4) is 0 Å². The molecule has 4 heteroatoms. The van der Waals surface area contributed by atoms with E-state index in [0.717, 1.165) is 12.8 Å². The fourth-order valence-corrected chi connectivity index (χ4v) is 1.03. The van der Waals surface area contributed by atoms with Crippen molar-refractivity contribution in [2.24, 2.45) is 0 Å². The predicted molar refractivity (Wildman–Crippen MR) is 53.0 cm³/mol. The third-order valence-electron chi connectivity index (χ3n) is 1.82. The van der Waals surface area contributed by atoms with Gasteiger partial charge >= 0.3 is 5.97 Å². The number of hydrogen-bond acceptors (Lipinski definition) is 2.